The van der Waals surface area contributed by atoms with Crippen LogP contribution in [0.5, 0.6) is 0 Å². The van der Waals surface area contributed by atoms with Gasteiger partial charge in [0, 0.05) is 13.1 Å². The third-order valence-electron chi connectivity index (χ3n) is 1.82. The highest BCUT2D eigenvalue weighted by molar-refractivity contribution is 5.81. The van der Waals surface area contributed by atoms with Crippen molar-refractivity contribution in [3.8, 4) is 0 Å². The molecule has 6 heteroatoms. The maximum Gasteiger partial charge on any atom is 0.295 e. The number of fused-ring (bicyclic) bond motifs is 1. The molecule has 0 unspecified atom stereocenters. The lowest BCUT2D eigenvalue weighted by atomic mass is 10.3. The van der Waals surface area contributed by atoms with E-state index in [0.717, 1.165) is 4.79 Å². The molecule has 76 valence electrons. The maximum absolute atomic E-state index is 11.7. The van der Waals surface area contributed by atoms with Gasteiger partial charge >= 0.3 is 0 Å². The second-order valence-electron chi connectivity index (χ2n) is 2.97. The van der Waals surface area contributed by atoms with Crippen molar-refractivity contribution in [3.05, 3.63) is 34.9 Å². The Labute approximate surface area is 84.5 Å². The summed E-state index contributed by atoms with van der Waals surface area (Å²) in [6, 6.07) is 3.28. The van der Waals surface area contributed by atoms with Crippen LogP contribution in [0, 0.1) is 0 Å². The summed E-state index contributed by atoms with van der Waals surface area (Å²) >= 11 is 0. The van der Waals surface area contributed by atoms with Crippen molar-refractivity contribution < 1.29 is 4.79 Å². The van der Waals surface area contributed by atoms with Gasteiger partial charge in [-0.3, -0.25) is 14.6 Å². The number of pyridine rings is 1. The molecule has 6 nitrogen and oxygen atoms in total. The van der Waals surface area contributed by atoms with Gasteiger partial charge in [-0.1, -0.05) is 0 Å². The molecule has 1 amide bonds. The molecular weight excluding hydrogens is 196 g/mol. The fourth-order valence-electron chi connectivity index (χ4n) is 1.21. The Morgan fingerprint density at radius 2 is 2.33 bits per heavy atom. The Bertz CT molecular complexity index is 576. The molecular formula is C9H8N4O2. The maximum atomic E-state index is 11.7. The van der Waals surface area contributed by atoms with Crippen molar-refractivity contribution in [3.63, 3.8) is 0 Å². The van der Waals surface area contributed by atoms with Gasteiger partial charge in [0.1, 0.15) is 0 Å². The smallest absolute Gasteiger partial charge is 0.274 e. The van der Waals surface area contributed by atoms with Crippen LogP contribution < -0.4 is 11.0 Å². The molecule has 1 N–H and O–H groups in total. The first-order valence-corrected chi connectivity index (χ1v) is 4.29. The number of carbonyl (C=O) groups excluding carboxylic acids is 1. The second kappa shape index (κ2) is 3.49. The lowest BCUT2D eigenvalue weighted by molar-refractivity contribution is -0.115. The molecule has 0 fully saturated rings. The predicted molar refractivity (Wildman–Crippen MR) is 53.8 cm³/mol. The van der Waals surface area contributed by atoms with Crippen LogP contribution in [-0.2, 0) is 4.79 Å². The van der Waals surface area contributed by atoms with E-state index in [4.69, 9.17) is 0 Å². The van der Waals surface area contributed by atoms with E-state index in [1.165, 1.54) is 13.1 Å². The van der Waals surface area contributed by atoms with Crippen LogP contribution in [0.3, 0.4) is 0 Å². The molecule has 0 spiro atoms. The summed E-state index contributed by atoms with van der Waals surface area (Å²) in [5, 5.41) is 4.17. The summed E-state index contributed by atoms with van der Waals surface area (Å²) in [4.78, 5) is 27.4. The van der Waals surface area contributed by atoms with Gasteiger partial charge < -0.3 is 0 Å². The Morgan fingerprint density at radius 3 is 3.07 bits per heavy atom. The minimum atomic E-state index is -0.393. The molecule has 0 aliphatic carbocycles. The highest BCUT2D eigenvalue weighted by atomic mass is 16.2. The normalized spacial score (nSPS) is 10.2. The van der Waals surface area contributed by atoms with E-state index in [1.54, 1.807) is 18.3 Å². The van der Waals surface area contributed by atoms with E-state index in [0.29, 0.717) is 10.9 Å². The van der Waals surface area contributed by atoms with Crippen LogP contribution >= 0.6 is 0 Å². The standard InChI is InChI=1S/C9H8N4O2/c1-6(14)12-13-9(15)7-3-2-4-10-8(7)5-11-13/h2-5H,1H3,(H,12,14). The average molecular weight is 204 g/mol. The van der Waals surface area contributed by atoms with Crippen molar-refractivity contribution in [1.29, 1.82) is 0 Å². The van der Waals surface area contributed by atoms with Crippen molar-refractivity contribution in [2.45, 2.75) is 6.92 Å². The van der Waals surface area contributed by atoms with Crippen LogP contribution in [0.2, 0.25) is 0 Å². The van der Waals surface area contributed by atoms with Crippen molar-refractivity contribution in [1.82, 2.24) is 14.9 Å². The SMILES string of the molecule is CC(=O)Nn1ncc2ncccc2c1=O. The van der Waals surface area contributed by atoms with Crippen LogP contribution in [0.15, 0.2) is 29.3 Å². The molecule has 0 saturated heterocycles. The van der Waals surface area contributed by atoms with Gasteiger partial charge in [0.15, 0.2) is 0 Å². The van der Waals surface area contributed by atoms with Crippen LogP contribution in [-0.4, -0.2) is 20.8 Å². The number of amides is 1. The lowest BCUT2D eigenvalue weighted by Crippen LogP contribution is -2.33. The zero-order valence-electron chi connectivity index (χ0n) is 7.97. The zero-order chi connectivity index (χ0) is 10.8. The Balaban J connectivity index is 2.65. The summed E-state index contributed by atoms with van der Waals surface area (Å²) in [6.45, 7) is 1.31. The number of rotatable bonds is 1. The first-order valence-electron chi connectivity index (χ1n) is 4.29. The van der Waals surface area contributed by atoms with Gasteiger partial charge in [0.25, 0.3) is 5.56 Å². The van der Waals surface area contributed by atoms with E-state index in [1.807, 2.05) is 0 Å². The molecule has 2 rings (SSSR count). The highest BCUT2D eigenvalue weighted by Gasteiger charge is 2.04. The lowest BCUT2D eigenvalue weighted by Gasteiger charge is -2.04. The first-order chi connectivity index (χ1) is 7.18. The Morgan fingerprint density at radius 1 is 1.53 bits per heavy atom. The predicted octanol–water partition coefficient (Wildman–Crippen LogP) is -0.119. The first kappa shape index (κ1) is 9.32. The number of aromatic nitrogens is 3. The largest absolute Gasteiger partial charge is 0.295 e. The van der Waals surface area contributed by atoms with E-state index in [-0.39, 0.29) is 5.91 Å². The minimum Gasteiger partial charge on any atom is -0.274 e. The summed E-state index contributed by atoms with van der Waals surface area (Å²) in [5.41, 5.74) is 2.40. The van der Waals surface area contributed by atoms with Crippen LogP contribution in [0.25, 0.3) is 10.9 Å². The third kappa shape index (κ3) is 1.69. The molecule has 2 aromatic heterocycles. The van der Waals surface area contributed by atoms with Crippen LogP contribution in [0.1, 0.15) is 6.92 Å². The number of hydrogen-bond acceptors (Lipinski definition) is 4. The molecule has 0 radical (unpaired) electrons. The van der Waals surface area contributed by atoms with E-state index in [2.05, 4.69) is 15.5 Å². The summed E-state index contributed by atoms with van der Waals surface area (Å²) < 4.78 is 0. The fraction of sp³-hybridized carbons (Fsp3) is 0.111. The van der Waals surface area contributed by atoms with Gasteiger partial charge in [0.05, 0.1) is 17.1 Å². The van der Waals surface area contributed by atoms with Crippen molar-refractivity contribution in [2.75, 3.05) is 5.43 Å². The molecule has 0 aliphatic rings. The monoisotopic (exact) mass is 204 g/mol. The van der Waals surface area contributed by atoms with E-state index >= 15 is 0 Å². The number of hydrogen-bond donors (Lipinski definition) is 1. The number of carbonyl (C=O) groups is 1. The Hall–Kier alpha value is -2.24. The molecule has 0 aliphatic heterocycles. The second-order valence-corrected chi connectivity index (χ2v) is 2.97. The minimum absolute atomic E-state index is 0.354. The molecule has 15 heavy (non-hydrogen) atoms. The summed E-state index contributed by atoms with van der Waals surface area (Å²) in [5.74, 6) is -0.354. The average Bonchev–Trinajstić information content (AvgIpc) is 2.22. The third-order valence-corrected chi connectivity index (χ3v) is 1.82. The summed E-state index contributed by atoms with van der Waals surface area (Å²) in [6.07, 6.45) is 3.00. The van der Waals surface area contributed by atoms with Gasteiger partial charge in [-0.2, -0.15) is 5.10 Å². The van der Waals surface area contributed by atoms with Crippen molar-refractivity contribution in [2.24, 2.45) is 0 Å². The molecule has 0 saturated carbocycles. The number of nitrogens with one attached hydrogen (secondary N) is 1. The van der Waals surface area contributed by atoms with Gasteiger partial charge in [-0.05, 0) is 12.1 Å². The van der Waals surface area contributed by atoms with Crippen molar-refractivity contribution >= 4 is 16.8 Å². The quantitative estimate of drug-likeness (QED) is 0.702. The van der Waals surface area contributed by atoms with Gasteiger partial charge in [-0.25, -0.2) is 5.43 Å². The molecule has 2 aromatic rings. The van der Waals surface area contributed by atoms with Crippen LogP contribution in [0.4, 0.5) is 0 Å². The zero-order valence-corrected chi connectivity index (χ0v) is 7.97. The highest BCUT2D eigenvalue weighted by Crippen LogP contribution is 2.01. The van der Waals surface area contributed by atoms with E-state index in [9.17, 15) is 9.59 Å². The topological polar surface area (TPSA) is 76.9 Å². The van der Waals surface area contributed by atoms with Gasteiger partial charge in [0.2, 0.25) is 5.91 Å². The molecule has 0 atom stereocenters. The summed E-state index contributed by atoms with van der Waals surface area (Å²) in [7, 11) is 0. The number of nitrogens with zero attached hydrogens (tertiary/aromatic N) is 3. The van der Waals surface area contributed by atoms with Gasteiger partial charge in [-0.15, -0.1) is 4.79 Å². The fourth-order valence-corrected chi connectivity index (χ4v) is 1.21. The Kier molecular flexibility index (Phi) is 2.17. The molecule has 0 aromatic carbocycles. The molecule has 2 heterocycles. The molecule has 0 bridgehead atoms. The van der Waals surface area contributed by atoms with E-state index < -0.39 is 5.56 Å².